The number of rotatable bonds is 4. The molecule has 1 saturated carbocycles. The molecule has 2 N–H and O–H groups in total. The van der Waals surface area contributed by atoms with Crippen LogP contribution in [-0.2, 0) is 4.79 Å². The first-order valence-corrected chi connectivity index (χ1v) is 7.29. The van der Waals surface area contributed by atoms with Crippen LogP contribution >= 0.6 is 0 Å². The molecule has 1 fully saturated rings. The Morgan fingerprint density at radius 2 is 1.83 bits per heavy atom. The standard InChI is InChI=1S/C15H29NO2/c1-5-13(10-17)16-14(18)11-6-8-12(9-7-11)15(2,3)4/h11-13,17H,5-10H2,1-4H3,(H,16,18)/t11?,12?,13-/m1/s1. The summed E-state index contributed by atoms with van der Waals surface area (Å²) in [4.78, 5) is 12.1. The molecule has 106 valence electrons. The number of aliphatic hydroxyl groups excluding tert-OH is 1. The fraction of sp³-hybridized carbons (Fsp3) is 0.933. The van der Waals surface area contributed by atoms with Crippen molar-refractivity contribution in [2.75, 3.05) is 6.61 Å². The number of aliphatic hydroxyl groups is 1. The third-order valence-electron chi connectivity index (χ3n) is 4.38. The Hall–Kier alpha value is -0.570. The summed E-state index contributed by atoms with van der Waals surface area (Å²) in [6, 6.07) is -0.0714. The van der Waals surface area contributed by atoms with Crippen LogP contribution in [0.1, 0.15) is 59.8 Å². The Labute approximate surface area is 111 Å². The third-order valence-corrected chi connectivity index (χ3v) is 4.38. The minimum absolute atomic E-state index is 0.0412. The lowest BCUT2D eigenvalue weighted by Crippen LogP contribution is -2.42. The number of amides is 1. The second-order valence-electron chi connectivity index (χ2n) is 6.71. The van der Waals surface area contributed by atoms with E-state index in [1.807, 2.05) is 6.92 Å². The van der Waals surface area contributed by atoms with Gasteiger partial charge in [0.25, 0.3) is 0 Å². The number of carbonyl (C=O) groups excluding carboxylic acids is 1. The van der Waals surface area contributed by atoms with Crippen molar-refractivity contribution in [3.63, 3.8) is 0 Å². The van der Waals surface area contributed by atoms with E-state index in [0.717, 1.165) is 38.0 Å². The van der Waals surface area contributed by atoms with Crippen LogP contribution in [0.2, 0.25) is 0 Å². The first-order chi connectivity index (χ1) is 8.38. The smallest absolute Gasteiger partial charge is 0.223 e. The van der Waals surface area contributed by atoms with E-state index in [1.54, 1.807) is 0 Å². The Balaban J connectivity index is 2.41. The maximum absolute atomic E-state index is 12.1. The van der Waals surface area contributed by atoms with Gasteiger partial charge in [-0.2, -0.15) is 0 Å². The highest BCUT2D eigenvalue weighted by atomic mass is 16.3. The zero-order valence-electron chi connectivity index (χ0n) is 12.3. The number of hydrogen-bond acceptors (Lipinski definition) is 2. The molecule has 0 bridgehead atoms. The van der Waals surface area contributed by atoms with Gasteiger partial charge in [-0.15, -0.1) is 0 Å². The van der Waals surface area contributed by atoms with Crippen LogP contribution in [0.3, 0.4) is 0 Å². The van der Waals surface area contributed by atoms with E-state index < -0.39 is 0 Å². The maximum atomic E-state index is 12.1. The van der Waals surface area contributed by atoms with Crippen LogP contribution in [0.15, 0.2) is 0 Å². The van der Waals surface area contributed by atoms with Crippen LogP contribution in [0.25, 0.3) is 0 Å². The van der Waals surface area contributed by atoms with Gasteiger partial charge in [-0.3, -0.25) is 4.79 Å². The van der Waals surface area contributed by atoms with Crippen molar-refractivity contribution in [3.05, 3.63) is 0 Å². The predicted molar refractivity (Wildman–Crippen MR) is 74.2 cm³/mol. The van der Waals surface area contributed by atoms with E-state index in [4.69, 9.17) is 5.11 Å². The van der Waals surface area contributed by atoms with E-state index in [9.17, 15) is 4.79 Å². The van der Waals surface area contributed by atoms with Crippen molar-refractivity contribution in [3.8, 4) is 0 Å². The molecule has 1 aliphatic rings. The lowest BCUT2D eigenvalue weighted by Gasteiger charge is -2.36. The molecule has 0 aromatic heterocycles. The molecule has 3 heteroatoms. The van der Waals surface area contributed by atoms with Gasteiger partial charge in [0.05, 0.1) is 12.6 Å². The summed E-state index contributed by atoms with van der Waals surface area (Å²) < 4.78 is 0. The molecule has 0 spiro atoms. The first-order valence-electron chi connectivity index (χ1n) is 7.29. The summed E-state index contributed by atoms with van der Waals surface area (Å²) >= 11 is 0. The lowest BCUT2D eigenvalue weighted by molar-refractivity contribution is -0.127. The zero-order chi connectivity index (χ0) is 13.8. The molecule has 18 heavy (non-hydrogen) atoms. The van der Waals surface area contributed by atoms with Gasteiger partial charge in [0.15, 0.2) is 0 Å². The van der Waals surface area contributed by atoms with E-state index in [-0.39, 0.29) is 24.5 Å². The van der Waals surface area contributed by atoms with Crippen LogP contribution in [0.5, 0.6) is 0 Å². The average Bonchev–Trinajstić information content (AvgIpc) is 2.34. The molecular formula is C15H29NO2. The summed E-state index contributed by atoms with van der Waals surface area (Å²) in [5, 5.41) is 12.1. The fourth-order valence-electron chi connectivity index (χ4n) is 2.82. The average molecular weight is 255 g/mol. The normalized spacial score (nSPS) is 26.7. The van der Waals surface area contributed by atoms with E-state index in [2.05, 4.69) is 26.1 Å². The van der Waals surface area contributed by atoms with Crippen molar-refractivity contribution in [1.82, 2.24) is 5.32 Å². The number of carbonyl (C=O) groups is 1. The van der Waals surface area contributed by atoms with Gasteiger partial charge in [0, 0.05) is 5.92 Å². The summed E-state index contributed by atoms with van der Waals surface area (Å²) in [5.74, 6) is 1.04. The predicted octanol–water partition coefficient (Wildman–Crippen LogP) is 2.73. The molecule has 0 aliphatic heterocycles. The van der Waals surface area contributed by atoms with Crippen LogP contribution in [0.4, 0.5) is 0 Å². The van der Waals surface area contributed by atoms with Gasteiger partial charge >= 0.3 is 0 Å². The second kappa shape index (κ2) is 6.55. The van der Waals surface area contributed by atoms with Gasteiger partial charge in [-0.1, -0.05) is 27.7 Å². The molecule has 1 amide bonds. The van der Waals surface area contributed by atoms with Crippen molar-refractivity contribution in [1.29, 1.82) is 0 Å². The van der Waals surface area contributed by atoms with E-state index in [0.29, 0.717) is 5.41 Å². The van der Waals surface area contributed by atoms with Gasteiger partial charge in [-0.25, -0.2) is 0 Å². The molecule has 0 unspecified atom stereocenters. The lowest BCUT2D eigenvalue weighted by atomic mass is 9.69. The van der Waals surface area contributed by atoms with Gasteiger partial charge in [-0.05, 0) is 43.4 Å². The van der Waals surface area contributed by atoms with Crippen molar-refractivity contribution >= 4 is 5.91 Å². The van der Waals surface area contributed by atoms with E-state index >= 15 is 0 Å². The van der Waals surface area contributed by atoms with Crippen molar-refractivity contribution < 1.29 is 9.90 Å². The monoisotopic (exact) mass is 255 g/mol. The molecule has 1 rings (SSSR count). The molecule has 0 radical (unpaired) electrons. The van der Waals surface area contributed by atoms with Crippen molar-refractivity contribution in [2.45, 2.75) is 65.8 Å². The SMILES string of the molecule is CC[C@H](CO)NC(=O)C1CCC(C(C)(C)C)CC1. The highest BCUT2D eigenvalue weighted by Crippen LogP contribution is 2.39. The van der Waals surface area contributed by atoms with Crippen LogP contribution in [-0.4, -0.2) is 23.7 Å². The summed E-state index contributed by atoms with van der Waals surface area (Å²) in [7, 11) is 0. The van der Waals surface area contributed by atoms with Crippen LogP contribution in [0, 0.1) is 17.3 Å². The number of hydrogen-bond donors (Lipinski definition) is 2. The van der Waals surface area contributed by atoms with E-state index in [1.165, 1.54) is 0 Å². The van der Waals surface area contributed by atoms with Gasteiger partial charge in [0.2, 0.25) is 5.91 Å². The van der Waals surface area contributed by atoms with Crippen LogP contribution < -0.4 is 5.32 Å². The maximum Gasteiger partial charge on any atom is 0.223 e. The second-order valence-corrected chi connectivity index (χ2v) is 6.71. The minimum Gasteiger partial charge on any atom is -0.394 e. The number of nitrogens with one attached hydrogen (secondary N) is 1. The first kappa shape index (κ1) is 15.5. The summed E-state index contributed by atoms with van der Waals surface area (Å²) in [6.07, 6.45) is 5.08. The Kier molecular flexibility index (Phi) is 5.64. The molecule has 3 nitrogen and oxygen atoms in total. The van der Waals surface area contributed by atoms with Crippen molar-refractivity contribution in [2.24, 2.45) is 17.3 Å². The minimum atomic E-state index is -0.0714. The molecule has 0 aromatic carbocycles. The fourth-order valence-corrected chi connectivity index (χ4v) is 2.82. The molecule has 1 atom stereocenters. The Morgan fingerprint density at radius 3 is 2.22 bits per heavy atom. The molecular weight excluding hydrogens is 226 g/mol. The molecule has 0 heterocycles. The highest BCUT2D eigenvalue weighted by molar-refractivity contribution is 5.79. The topological polar surface area (TPSA) is 49.3 Å². The Morgan fingerprint density at radius 1 is 1.28 bits per heavy atom. The molecule has 0 saturated heterocycles. The zero-order valence-corrected chi connectivity index (χ0v) is 12.3. The largest absolute Gasteiger partial charge is 0.394 e. The van der Waals surface area contributed by atoms with Gasteiger partial charge < -0.3 is 10.4 Å². The molecule has 0 aromatic rings. The quantitative estimate of drug-likeness (QED) is 0.811. The summed E-state index contributed by atoms with van der Waals surface area (Å²) in [6.45, 7) is 8.89. The Bertz CT molecular complexity index is 258. The highest BCUT2D eigenvalue weighted by Gasteiger charge is 2.32. The third kappa shape index (κ3) is 4.27. The summed E-state index contributed by atoms with van der Waals surface area (Å²) in [5.41, 5.74) is 0.360. The molecule has 1 aliphatic carbocycles. The van der Waals surface area contributed by atoms with Gasteiger partial charge in [0.1, 0.15) is 0 Å².